The molecule has 0 spiro atoms. The zero-order chi connectivity index (χ0) is 11.2. The number of esters is 1. The second-order valence-corrected chi connectivity index (χ2v) is 3.77. The van der Waals surface area contributed by atoms with Crippen molar-refractivity contribution in [3.05, 3.63) is 0 Å². The van der Waals surface area contributed by atoms with Crippen molar-refractivity contribution in [2.75, 3.05) is 27.4 Å². The second-order valence-electron chi connectivity index (χ2n) is 3.77. The predicted molar refractivity (Wildman–Crippen MR) is 55.1 cm³/mol. The molecule has 0 aromatic carbocycles. The van der Waals surface area contributed by atoms with Crippen molar-refractivity contribution in [2.24, 2.45) is 5.92 Å². The number of hydrogen-bond acceptors (Lipinski definition) is 4. The van der Waals surface area contributed by atoms with Crippen LogP contribution < -0.4 is 5.32 Å². The molecule has 84 valence electrons. The third kappa shape index (κ3) is 3.27. The smallest absolute Gasteiger partial charge is 0.326 e. The molecular formula is C10H21NO3. The van der Waals surface area contributed by atoms with Gasteiger partial charge in [-0.25, -0.2) is 0 Å². The Labute approximate surface area is 86.0 Å². The maximum atomic E-state index is 11.5. The summed E-state index contributed by atoms with van der Waals surface area (Å²) in [5, 5.41) is 3.15. The van der Waals surface area contributed by atoms with E-state index < -0.39 is 5.54 Å². The Morgan fingerprint density at radius 3 is 2.36 bits per heavy atom. The van der Waals surface area contributed by atoms with E-state index in [1.165, 1.54) is 7.11 Å². The monoisotopic (exact) mass is 203 g/mol. The van der Waals surface area contributed by atoms with Crippen molar-refractivity contribution in [2.45, 2.75) is 26.3 Å². The van der Waals surface area contributed by atoms with Gasteiger partial charge in [-0.1, -0.05) is 13.8 Å². The number of methoxy groups -OCH3 is 2. The lowest BCUT2D eigenvalue weighted by Gasteiger charge is -2.31. The zero-order valence-electron chi connectivity index (χ0n) is 9.72. The largest absolute Gasteiger partial charge is 0.468 e. The van der Waals surface area contributed by atoms with Crippen molar-refractivity contribution in [3.63, 3.8) is 0 Å². The molecule has 0 bridgehead atoms. The van der Waals surface area contributed by atoms with Gasteiger partial charge in [0.05, 0.1) is 13.7 Å². The number of rotatable bonds is 6. The van der Waals surface area contributed by atoms with E-state index in [9.17, 15) is 4.79 Å². The van der Waals surface area contributed by atoms with E-state index in [-0.39, 0.29) is 11.9 Å². The molecule has 0 fully saturated rings. The van der Waals surface area contributed by atoms with Gasteiger partial charge in [0.15, 0.2) is 0 Å². The van der Waals surface area contributed by atoms with Crippen LogP contribution in [-0.4, -0.2) is 38.9 Å². The fourth-order valence-electron chi connectivity index (χ4n) is 1.14. The maximum absolute atomic E-state index is 11.5. The minimum absolute atomic E-state index is 0.173. The Balaban J connectivity index is 4.32. The van der Waals surface area contributed by atoms with Crippen LogP contribution in [0.3, 0.4) is 0 Å². The van der Waals surface area contributed by atoms with E-state index in [1.807, 2.05) is 20.8 Å². The van der Waals surface area contributed by atoms with Crippen LogP contribution in [0.4, 0.5) is 0 Å². The van der Waals surface area contributed by atoms with Crippen molar-refractivity contribution in [3.8, 4) is 0 Å². The Morgan fingerprint density at radius 2 is 2.00 bits per heavy atom. The van der Waals surface area contributed by atoms with Gasteiger partial charge in [0.1, 0.15) is 5.54 Å². The molecule has 4 heteroatoms. The highest BCUT2D eigenvalue weighted by atomic mass is 16.5. The molecule has 0 aliphatic heterocycles. The third-order valence-corrected chi connectivity index (χ3v) is 2.56. The summed E-state index contributed by atoms with van der Waals surface area (Å²) in [6, 6.07) is 0. The molecule has 0 radical (unpaired) electrons. The average molecular weight is 203 g/mol. The van der Waals surface area contributed by atoms with Gasteiger partial charge < -0.3 is 9.47 Å². The summed E-state index contributed by atoms with van der Waals surface area (Å²) in [7, 11) is 3.04. The topological polar surface area (TPSA) is 47.6 Å². The van der Waals surface area contributed by atoms with Gasteiger partial charge >= 0.3 is 5.97 Å². The highest BCUT2D eigenvalue weighted by Crippen LogP contribution is 2.17. The lowest BCUT2D eigenvalue weighted by atomic mass is 9.88. The summed E-state index contributed by atoms with van der Waals surface area (Å²) in [6.45, 7) is 7.03. The second kappa shape index (κ2) is 5.98. The summed E-state index contributed by atoms with van der Waals surface area (Å²) >= 11 is 0. The first-order chi connectivity index (χ1) is 6.49. The van der Waals surface area contributed by atoms with Gasteiger partial charge in [0.2, 0.25) is 0 Å². The summed E-state index contributed by atoms with van der Waals surface area (Å²) in [5.74, 6) is -0.0598. The van der Waals surface area contributed by atoms with E-state index in [1.54, 1.807) is 7.11 Å². The van der Waals surface area contributed by atoms with Crippen LogP contribution in [0.1, 0.15) is 20.8 Å². The van der Waals surface area contributed by atoms with E-state index in [0.717, 1.165) is 0 Å². The fraction of sp³-hybridized carbons (Fsp3) is 0.900. The van der Waals surface area contributed by atoms with Crippen LogP contribution in [0.25, 0.3) is 0 Å². The van der Waals surface area contributed by atoms with E-state index in [0.29, 0.717) is 13.2 Å². The van der Waals surface area contributed by atoms with Gasteiger partial charge in [0, 0.05) is 13.7 Å². The van der Waals surface area contributed by atoms with Crippen LogP contribution in [0.2, 0.25) is 0 Å². The minimum Gasteiger partial charge on any atom is -0.468 e. The Bertz CT molecular complexity index is 182. The standard InChI is InChI=1S/C10H21NO3/c1-8(2)10(3,9(12)14-5)11-6-7-13-4/h8,11H,6-7H2,1-5H3. The van der Waals surface area contributed by atoms with Crippen molar-refractivity contribution in [1.29, 1.82) is 0 Å². The summed E-state index contributed by atoms with van der Waals surface area (Å²) < 4.78 is 9.68. The number of carbonyl (C=O) groups is 1. The molecule has 0 saturated heterocycles. The number of ether oxygens (including phenoxy) is 2. The zero-order valence-corrected chi connectivity index (χ0v) is 9.72. The van der Waals surface area contributed by atoms with Gasteiger partial charge in [0.25, 0.3) is 0 Å². The maximum Gasteiger partial charge on any atom is 0.326 e. The highest BCUT2D eigenvalue weighted by Gasteiger charge is 2.36. The lowest BCUT2D eigenvalue weighted by molar-refractivity contribution is -0.150. The van der Waals surface area contributed by atoms with Crippen LogP contribution >= 0.6 is 0 Å². The van der Waals surface area contributed by atoms with Crippen molar-refractivity contribution < 1.29 is 14.3 Å². The van der Waals surface area contributed by atoms with Crippen LogP contribution in [-0.2, 0) is 14.3 Å². The number of nitrogens with one attached hydrogen (secondary N) is 1. The molecule has 1 N–H and O–H groups in total. The van der Waals surface area contributed by atoms with Crippen LogP contribution in [0, 0.1) is 5.92 Å². The third-order valence-electron chi connectivity index (χ3n) is 2.56. The van der Waals surface area contributed by atoms with E-state index >= 15 is 0 Å². The normalized spacial score (nSPS) is 15.3. The first-order valence-corrected chi connectivity index (χ1v) is 4.81. The quantitative estimate of drug-likeness (QED) is 0.512. The van der Waals surface area contributed by atoms with E-state index in [2.05, 4.69) is 5.32 Å². The first kappa shape index (κ1) is 13.4. The fourth-order valence-corrected chi connectivity index (χ4v) is 1.14. The Hall–Kier alpha value is -0.610. The lowest BCUT2D eigenvalue weighted by Crippen LogP contribution is -2.55. The molecule has 0 rings (SSSR count). The summed E-state index contributed by atoms with van der Waals surface area (Å²) in [6.07, 6.45) is 0. The molecule has 1 atom stereocenters. The Kier molecular flexibility index (Phi) is 5.72. The predicted octanol–water partition coefficient (Wildman–Crippen LogP) is 0.810. The molecule has 1 unspecified atom stereocenters. The summed E-state index contributed by atoms with van der Waals surface area (Å²) in [5.41, 5.74) is -0.632. The van der Waals surface area contributed by atoms with Gasteiger partial charge in [-0.2, -0.15) is 0 Å². The first-order valence-electron chi connectivity index (χ1n) is 4.81. The van der Waals surface area contributed by atoms with E-state index in [4.69, 9.17) is 9.47 Å². The molecule has 0 saturated carbocycles. The highest BCUT2D eigenvalue weighted by molar-refractivity contribution is 5.80. The molecule has 0 amide bonds. The molecular weight excluding hydrogens is 182 g/mol. The minimum atomic E-state index is -0.632. The summed E-state index contributed by atoms with van der Waals surface area (Å²) in [4.78, 5) is 11.5. The average Bonchev–Trinajstić information content (AvgIpc) is 2.16. The molecule has 4 nitrogen and oxygen atoms in total. The molecule has 0 aliphatic rings. The number of hydrogen-bond donors (Lipinski definition) is 1. The van der Waals surface area contributed by atoms with Crippen LogP contribution in [0.5, 0.6) is 0 Å². The molecule has 0 aliphatic carbocycles. The SMILES string of the molecule is COCCNC(C)(C(=O)OC)C(C)C. The Morgan fingerprint density at radius 1 is 1.43 bits per heavy atom. The van der Waals surface area contributed by atoms with Crippen molar-refractivity contribution in [1.82, 2.24) is 5.32 Å². The molecule has 0 heterocycles. The van der Waals surface area contributed by atoms with Gasteiger partial charge in [-0.3, -0.25) is 10.1 Å². The van der Waals surface area contributed by atoms with Crippen LogP contribution in [0.15, 0.2) is 0 Å². The van der Waals surface area contributed by atoms with Gasteiger partial charge in [-0.05, 0) is 12.8 Å². The van der Waals surface area contributed by atoms with Crippen molar-refractivity contribution >= 4 is 5.97 Å². The molecule has 0 aromatic rings. The number of carbonyl (C=O) groups excluding carboxylic acids is 1. The molecule has 14 heavy (non-hydrogen) atoms. The van der Waals surface area contributed by atoms with Gasteiger partial charge in [-0.15, -0.1) is 0 Å². The molecule has 0 aromatic heterocycles.